The molecule has 9 heteroatoms. The van der Waals surface area contributed by atoms with Crippen molar-refractivity contribution < 1.29 is 50.2 Å². The summed E-state index contributed by atoms with van der Waals surface area (Å²) in [5.41, 5.74) is 0. The molecule has 0 aliphatic heterocycles. The van der Waals surface area contributed by atoms with Crippen LogP contribution in [0.5, 0.6) is 0 Å². The van der Waals surface area contributed by atoms with Crippen molar-refractivity contribution in [3.8, 4) is 0 Å². The van der Waals surface area contributed by atoms with Crippen molar-refractivity contribution in [2.75, 3.05) is 13.2 Å². The maximum Gasteiger partial charge on any atom is 0 e. The van der Waals surface area contributed by atoms with Crippen molar-refractivity contribution in [3.05, 3.63) is 44.7 Å². The normalized spacial score (nSPS) is 3.68. The zero-order chi connectivity index (χ0) is 16.4. The molecule has 0 amide bonds. The number of carbonyl (C=O) groups is 1. The maximum atomic E-state index is 10.2. The minimum atomic E-state index is -0.442. The molecule has 8 nitrogen and oxygen atoms in total. The van der Waals surface area contributed by atoms with E-state index in [2.05, 4.69) is 42.8 Å². The summed E-state index contributed by atoms with van der Waals surface area (Å²) in [7, 11) is 0. The van der Waals surface area contributed by atoms with Gasteiger partial charge in [0.05, 0.1) is 6.61 Å². The van der Waals surface area contributed by atoms with Crippen molar-refractivity contribution in [2.24, 2.45) is 0 Å². The molecule has 0 fully saturated rings. The van der Waals surface area contributed by atoms with E-state index in [1.54, 1.807) is 6.92 Å². The Bertz CT molecular complexity index is 250. The van der Waals surface area contributed by atoms with Crippen LogP contribution in [0, 0.1) is 39.8 Å². The van der Waals surface area contributed by atoms with Crippen LogP contribution in [0.3, 0.4) is 0 Å². The monoisotopic (exact) mass is 305 g/mol. The molecular weight excluding hydrogens is 298 g/mol. The summed E-state index contributed by atoms with van der Waals surface area (Å²) >= 11 is 0. The molecule has 0 aliphatic rings. The topological polar surface area (TPSA) is 130 Å². The molecule has 0 aromatic rings. The summed E-state index contributed by atoms with van der Waals surface area (Å²) in [4.78, 5) is 13.0. The molecule has 0 bridgehead atoms. The van der Waals surface area contributed by atoms with Crippen LogP contribution in [-0.4, -0.2) is 19.1 Å². The van der Waals surface area contributed by atoms with Gasteiger partial charge in [0.15, 0.2) is 0 Å². The van der Waals surface area contributed by atoms with Gasteiger partial charge in [-0.1, -0.05) is 0 Å². The second kappa shape index (κ2) is 139. The average molecular weight is 305 g/mol. The van der Waals surface area contributed by atoms with Crippen LogP contribution in [-0.2, 0) is 50.2 Å². The second-order valence-corrected chi connectivity index (χ2v) is 1.12. The van der Waals surface area contributed by atoms with E-state index in [0.717, 1.165) is 0 Å². The fourth-order valence-electron chi connectivity index (χ4n) is 0.271. The van der Waals surface area contributed by atoms with Gasteiger partial charge < -0.3 is 9.58 Å². The summed E-state index contributed by atoms with van der Waals surface area (Å²) in [5.74, 6) is -0.442. The minimum Gasteiger partial charge on any atom is 0 e. The van der Waals surface area contributed by atoms with E-state index in [0.29, 0.717) is 6.61 Å². The molecule has 0 atom stereocenters. The van der Waals surface area contributed by atoms with Crippen LogP contribution in [0.1, 0.15) is 6.92 Å². The van der Waals surface area contributed by atoms with Crippen molar-refractivity contribution in [1.29, 1.82) is 0 Å². The summed E-state index contributed by atoms with van der Waals surface area (Å²) in [6, 6.07) is 0. The molecule has 0 rings (SSSR count). The van der Waals surface area contributed by atoms with Crippen molar-refractivity contribution in [3.63, 3.8) is 0 Å². The first-order valence-corrected chi connectivity index (χ1v) is 3.32. The zero-order valence-electron chi connectivity index (χ0n) is 9.63. The molecular formula is C10H7CrNO7. The predicted octanol–water partition coefficient (Wildman–Crippen LogP) is 0.279. The summed E-state index contributed by atoms with van der Waals surface area (Å²) in [6.07, 6.45) is 0. The molecule has 0 N–H and O–H groups in total. The summed E-state index contributed by atoms with van der Waals surface area (Å²) in [5, 5.41) is 0. The number of esters is 1. The van der Waals surface area contributed by atoms with E-state index >= 15 is 0 Å². The third-order valence-corrected chi connectivity index (χ3v) is 0.513. The van der Waals surface area contributed by atoms with Crippen molar-refractivity contribution >= 4 is 5.97 Å². The van der Waals surface area contributed by atoms with E-state index in [9.17, 15) is 4.79 Å². The zero-order valence-corrected chi connectivity index (χ0v) is 10.9. The van der Waals surface area contributed by atoms with Gasteiger partial charge in [0.1, 0.15) is 0 Å². The van der Waals surface area contributed by atoms with Gasteiger partial charge in [0.25, 0.3) is 0 Å². The smallest absolute Gasteiger partial charge is 0 e. The first-order chi connectivity index (χ1) is 8.81. The Morgan fingerprint density at radius 2 is 1.21 bits per heavy atom. The fourth-order valence-corrected chi connectivity index (χ4v) is 0.271. The maximum absolute atomic E-state index is 10.2. The van der Waals surface area contributed by atoms with Gasteiger partial charge in [0.2, 0.25) is 0 Å². The van der Waals surface area contributed by atoms with Gasteiger partial charge in [0, 0.05) is 17.4 Å². The average Bonchev–Trinajstić information content (AvgIpc) is 2.50. The Morgan fingerprint density at radius 3 is 1.37 bits per heavy atom. The minimum absolute atomic E-state index is 0. The number of nitrogens with zero attached hydrogens (tertiary/aromatic N) is 1. The van der Waals surface area contributed by atoms with Gasteiger partial charge in [-0.2, -0.15) is 0 Å². The number of ether oxygens (including phenoxy) is 1. The van der Waals surface area contributed by atoms with E-state index < -0.39 is 5.97 Å². The van der Waals surface area contributed by atoms with Gasteiger partial charge in [-0.3, -0.25) is 0 Å². The van der Waals surface area contributed by atoms with Crippen LogP contribution < -0.4 is 0 Å². The summed E-state index contributed by atoms with van der Waals surface area (Å²) in [6.45, 7) is 30.6. The SMILES string of the molecule is [C-]#[N+]CC(=O)OCC.[C-]#[O+].[C-]#[O+].[C-]#[O+].[C-]#[O+].[C-]#[O+].[Cr]. The molecule has 0 heterocycles. The first-order valence-electron chi connectivity index (χ1n) is 3.32. The molecule has 0 radical (unpaired) electrons. The van der Waals surface area contributed by atoms with Crippen LogP contribution in [0.15, 0.2) is 0 Å². The van der Waals surface area contributed by atoms with E-state index in [1.165, 1.54) is 0 Å². The standard InChI is InChI=1S/C5H7NO2.5CO.Cr/c1-3-8-5(7)4-6-2;5*1-2;/h3-4H2,1H3;;;;;;. The van der Waals surface area contributed by atoms with Crippen LogP contribution in [0.25, 0.3) is 4.85 Å². The Hall–Kier alpha value is -1.81. The number of hydrogen-bond acceptors (Lipinski definition) is 2. The van der Waals surface area contributed by atoms with Gasteiger partial charge in [-0.05, 0) is 6.92 Å². The van der Waals surface area contributed by atoms with E-state index in [4.69, 9.17) is 29.8 Å². The first kappa shape index (κ1) is 43.4. The van der Waals surface area contributed by atoms with E-state index in [1.807, 2.05) is 0 Å². The molecule has 0 aromatic heterocycles. The Morgan fingerprint density at radius 1 is 0.947 bits per heavy atom. The number of rotatable bonds is 2. The Balaban J connectivity index is -0.0000000223. The van der Waals surface area contributed by atoms with Gasteiger partial charge in [-0.25, -0.2) is 11.4 Å². The summed E-state index contributed by atoms with van der Waals surface area (Å²) < 4.78 is 41.9. The molecule has 0 saturated heterocycles. The molecule has 100 valence electrons. The van der Waals surface area contributed by atoms with Gasteiger partial charge >= 0.3 is 69.0 Å². The second-order valence-electron chi connectivity index (χ2n) is 1.12. The third-order valence-electron chi connectivity index (χ3n) is 0.513. The fraction of sp³-hybridized carbons (Fsp3) is 0.300. The number of carbonyl (C=O) groups excluding carboxylic acids is 1. The quantitative estimate of drug-likeness (QED) is 0.412. The van der Waals surface area contributed by atoms with Crippen molar-refractivity contribution in [1.82, 2.24) is 0 Å². The van der Waals surface area contributed by atoms with Crippen molar-refractivity contribution in [2.45, 2.75) is 6.92 Å². The molecule has 0 saturated carbocycles. The third kappa shape index (κ3) is 186. The van der Waals surface area contributed by atoms with Gasteiger partial charge in [-0.15, -0.1) is 0 Å². The van der Waals surface area contributed by atoms with Crippen LogP contribution in [0.2, 0.25) is 0 Å². The molecule has 0 spiro atoms. The molecule has 0 aliphatic carbocycles. The Kier molecular flexibility index (Phi) is 317. The number of hydrogen-bond donors (Lipinski definition) is 0. The largest absolute Gasteiger partial charge is 0 e. The molecule has 0 aromatic carbocycles. The molecule has 19 heavy (non-hydrogen) atoms. The molecule has 0 unspecified atom stereocenters. The van der Waals surface area contributed by atoms with Crippen LogP contribution >= 0.6 is 0 Å². The van der Waals surface area contributed by atoms with Crippen LogP contribution in [0.4, 0.5) is 0 Å². The Labute approximate surface area is 121 Å². The predicted molar refractivity (Wildman–Crippen MR) is 47.7 cm³/mol. The van der Waals surface area contributed by atoms with E-state index in [-0.39, 0.29) is 23.9 Å².